The number of hydrogen-bond acceptors (Lipinski definition) is 4. The molecular formula is C18H14ClF3N4O3. The van der Waals surface area contributed by atoms with Crippen LogP contribution in [0.25, 0.3) is 11.0 Å². The molecule has 1 heterocycles. The third-order valence-corrected chi connectivity index (χ3v) is 4.17. The molecule has 0 fully saturated rings. The number of methoxy groups -OCH3 is 1. The number of imidazole rings is 1. The number of hydrogen-bond donors (Lipinski definition) is 2. The van der Waals surface area contributed by atoms with E-state index in [-0.39, 0.29) is 27.4 Å². The Labute approximate surface area is 167 Å². The van der Waals surface area contributed by atoms with E-state index in [1.165, 1.54) is 43.5 Å². The van der Waals surface area contributed by atoms with Crippen molar-refractivity contribution < 1.29 is 27.5 Å². The Morgan fingerprint density at radius 1 is 1.17 bits per heavy atom. The summed E-state index contributed by atoms with van der Waals surface area (Å²) in [5.74, 6) is -2.63. The smallest absolute Gasteiger partial charge is 0.449 e. The maximum atomic E-state index is 13.3. The maximum absolute atomic E-state index is 13.3. The molecule has 2 N–H and O–H groups in total. The fourth-order valence-electron chi connectivity index (χ4n) is 2.69. The summed E-state index contributed by atoms with van der Waals surface area (Å²) in [5, 5.41) is 0.266. The van der Waals surface area contributed by atoms with Gasteiger partial charge in [-0.2, -0.15) is 13.2 Å². The Hall–Kier alpha value is -3.27. The minimum Gasteiger partial charge on any atom is -0.496 e. The molecule has 0 unspecified atom stereocenters. The lowest BCUT2D eigenvalue weighted by Crippen LogP contribution is -2.43. The van der Waals surface area contributed by atoms with Crippen molar-refractivity contribution in [1.82, 2.24) is 20.4 Å². The van der Waals surface area contributed by atoms with Gasteiger partial charge < -0.3 is 9.30 Å². The van der Waals surface area contributed by atoms with Crippen LogP contribution in [0.2, 0.25) is 5.02 Å². The second-order valence-electron chi connectivity index (χ2n) is 5.85. The lowest BCUT2D eigenvalue weighted by molar-refractivity contribution is -0.147. The second kappa shape index (κ2) is 8.00. The van der Waals surface area contributed by atoms with E-state index in [9.17, 15) is 22.8 Å². The molecule has 7 nitrogen and oxygen atoms in total. The van der Waals surface area contributed by atoms with E-state index < -0.39 is 30.4 Å². The summed E-state index contributed by atoms with van der Waals surface area (Å²) < 4.78 is 45.6. The SMILES string of the molecule is COc1ccc(Cl)cc1C(=O)NNC(=O)Cn1c(C(F)(F)F)nc2ccccc21. The van der Waals surface area contributed by atoms with Crippen molar-refractivity contribution in [1.29, 1.82) is 0 Å². The molecule has 0 atom stereocenters. The second-order valence-corrected chi connectivity index (χ2v) is 6.29. The number of carbonyl (C=O) groups is 2. The number of nitrogens with one attached hydrogen (secondary N) is 2. The molecule has 2 aromatic carbocycles. The number of nitrogens with zero attached hydrogens (tertiary/aromatic N) is 2. The van der Waals surface area contributed by atoms with Crippen molar-refractivity contribution in [3.8, 4) is 5.75 Å². The highest BCUT2D eigenvalue weighted by Crippen LogP contribution is 2.31. The van der Waals surface area contributed by atoms with E-state index in [2.05, 4.69) is 15.8 Å². The first-order valence-corrected chi connectivity index (χ1v) is 8.53. The Balaban J connectivity index is 1.77. The molecule has 0 spiro atoms. The molecule has 3 rings (SSSR count). The van der Waals surface area contributed by atoms with Crippen LogP contribution in [0.15, 0.2) is 42.5 Å². The van der Waals surface area contributed by atoms with Crippen molar-refractivity contribution in [3.63, 3.8) is 0 Å². The summed E-state index contributed by atoms with van der Waals surface area (Å²) in [6.45, 7) is -0.706. The average molecular weight is 427 g/mol. The Kier molecular flexibility index (Phi) is 5.64. The number of para-hydroxylation sites is 2. The molecule has 0 saturated heterocycles. The summed E-state index contributed by atoms with van der Waals surface area (Å²) in [7, 11) is 1.35. The van der Waals surface area contributed by atoms with E-state index in [1.54, 1.807) is 6.07 Å². The minimum atomic E-state index is -4.75. The van der Waals surface area contributed by atoms with Gasteiger partial charge in [0.05, 0.1) is 23.7 Å². The van der Waals surface area contributed by atoms with Crippen molar-refractivity contribution in [3.05, 3.63) is 58.9 Å². The molecule has 29 heavy (non-hydrogen) atoms. The van der Waals surface area contributed by atoms with Crippen LogP contribution in [0.3, 0.4) is 0 Å². The fourth-order valence-corrected chi connectivity index (χ4v) is 2.86. The summed E-state index contributed by atoms with van der Waals surface area (Å²) in [5.41, 5.74) is 4.49. The van der Waals surface area contributed by atoms with Gasteiger partial charge in [-0.05, 0) is 30.3 Å². The Morgan fingerprint density at radius 2 is 1.90 bits per heavy atom. The molecular weight excluding hydrogens is 413 g/mol. The average Bonchev–Trinajstić information content (AvgIpc) is 3.05. The highest BCUT2D eigenvalue weighted by molar-refractivity contribution is 6.31. The lowest BCUT2D eigenvalue weighted by Gasteiger charge is -2.13. The van der Waals surface area contributed by atoms with Crippen molar-refractivity contribution >= 4 is 34.4 Å². The zero-order valence-electron chi connectivity index (χ0n) is 14.9. The molecule has 0 bridgehead atoms. The van der Waals surface area contributed by atoms with Gasteiger partial charge in [0.25, 0.3) is 11.8 Å². The molecule has 0 aliphatic carbocycles. The summed E-state index contributed by atoms with van der Waals surface area (Å²) in [6.07, 6.45) is -4.75. The number of aromatic nitrogens is 2. The fraction of sp³-hybridized carbons (Fsp3) is 0.167. The van der Waals surface area contributed by atoms with Crippen LogP contribution in [0, 0.1) is 0 Å². The van der Waals surface area contributed by atoms with Gasteiger partial charge in [0.15, 0.2) is 0 Å². The van der Waals surface area contributed by atoms with Gasteiger partial charge >= 0.3 is 6.18 Å². The van der Waals surface area contributed by atoms with Crippen LogP contribution in [0.5, 0.6) is 5.75 Å². The number of rotatable bonds is 4. The first kappa shape index (κ1) is 20.5. The van der Waals surface area contributed by atoms with Crippen molar-refractivity contribution in [2.75, 3.05) is 7.11 Å². The first-order chi connectivity index (χ1) is 13.7. The molecule has 0 saturated carbocycles. The van der Waals surface area contributed by atoms with E-state index in [0.717, 1.165) is 4.57 Å². The van der Waals surface area contributed by atoms with E-state index in [4.69, 9.17) is 16.3 Å². The van der Waals surface area contributed by atoms with Gasteiger partial charge in [-0.25, -0.2) is 4.98 Å². The Morgan fingerprint density at radius 3 is 2.59 bits per heavy atom. The number of hydrazine groups is 1. The molecule has 0 radical (unpaired) electrons. The van der Waals surface area contributed by atoms with Gasteiger partial charge in [0.2, 0.25) is 5.82 Å². The standard InChI is InChI=1S/C18H14ClF3N4O3/c1-29-14-7-6-10(19)8-11(14)16(28)25-24-15(27)9-26-13-5-3-2-4-12(13)23-17(26)18(20,21)22/h2-8H,9H2,1H3,(H,24,27)(H,25,28). The number of benzene rings is 2. The number of alkyl halides is 3. The molecule has 152 valence electrons. The van der Waals surface area contributed by atoms with Crippen LogP contribution in [-0.2, 0) is 17.5 Å². The lowest BCUT2D eigenvalue weighted by atomic mass is 10.2. The quantitative estimate of drug-likeness (QED) is 0.627. The van der Waals surface area contributed by atoms with E-state index >= 15 is 0 Å². The van der Waals surface area contributed by atoms with Crippen molar-refractivity contribution in [2.45, 2.75) is 12.7 Å². The van der Waals surface area contributed by atoms with Gasteiger partial charge in [-0.15, -0.1) is 0 Å². The summed E-state index contributed by atoms with van der Waals surface area (Å²) in [6, 6.07) is 10.2. The van der Waals surface area contributed by atoms with Crippen LogP contribution < -0.4 is 15.6 Å². The van der Waals surface area contributed by atoms with E-state index in [0.29, 0.717) is 0 Å². The van der Waals surface area contributed by atoms with Gasteiger partial charge in [0, 0.05) is 5.02 Å². The zero-order valence-corrected chi connectivity index (χ0v) is 15.6. The van der Waals surface area contributed by atoms with Crippen LogP contribution >= 0.6 is 11.6 Å². The predicted octanol–water partition coefficient (Wildman–Crippen LogP) is 3.18. The van der Waals surface area contributed by atoms with Crippen LogP contribution in [-0.4, -0.2) is 28.5 Å². The number of amides is 2. The third-order valence-electron chi connectivity index (χ3n) is 3.93. The third kappa shape index (κ3) is 4.43. The summed E-state index contributed by atoms with van der Waals surface area (Å²) in [4.78, 5) is 28.0. The summed E-state index contributed by atoms with van der Waals surface area (Å²) >= 11 is 5.85. The number of halogens is 4. The minimum absolute atomic E-state index is 0.0457. The molecule has 0 aliphatic heterocycles. The predicted molar refractivity (Wildman–Crippen MR) is 98.3 cm³/mol. The highest BCUT2D eigenvalue weighted by atomic mass is 35.5. The normalized spacial score (nSPS) is 11.3. The largest absolute Gasteiger partial charge is 0.496 e. The zero-order chi connectivity index (χ0) is 21.2. The van der Waals surface area contributed by atoms with Crippen molar-refractivity contribution in [2.24, 2.45) is 0 Å². The topological polar surface area (TPSA) is 85.3 Å². The van der Waals surface area contributed by atoms with Crippen LogP contribution in [0.4, 0.5) is 13.2 Å². The monoisotopic (exact) mass is 426 g/mol. The van der Waals surface area contributed by atoms with Gasteiger partial charge in [-0.3, -0.25) is 20.4 Å². The number of ether oxygens (including phenoxy) is 1. The van der Waals surface area contributed by atoms with Gasteiger partial charge in [0.1, 0.15) is 12.3 Å². The highest BCUT2D eigenvalue weighted by Gasteiger charge is 2.38. The van der Waals surface area contributed by atoms with E-state index in [1.807, 2.05) is 0 Å². The Bertz CT molecular complexity index is 1080. The maximum Gasteiger partial charge on any atom is 0.449 e. The molecule has 3 aromatic rings. The molecule has 1 aromatic heterocycles. The van der Waals surface area contributed by atoms with Crippen LogP contribution in [0.1, 0.15) is 16.2 Å². The number of fused-ring (bicyclic) bond motifs is 1. The first-order valence-electron chi connectivity index (χ1n) is 8.16. The molecule has 11 heteroatoms. The number of carbonyl (C=O) groups excluding carboxylic acids is 2. The molecule has 2 amide bonds. The molecule has 0 aliphatic rings. The van der Waals surface area contributed by atoms with Gasteiger partial charge in [-0.1, -0.05) is 23.7 Å².